The van der Waals surface area contributed by atoms with Gasteiger partial charge in [-0.1, -0.05) is 0 Å². The van der Waals surface area contributed by atoms with E-state index in [0.29, 0.717) is 16.2 Å². The van der Waals surface area contributed by atoms with Gasteiger partial charge in [0.1, 0.15) is 23.3 Å². The second-order valence-electron chi connectivity index (χ2n) is 3.85. The van der Waals surface area contributed by atoms with Crippen LogP contribution in [0.4, 0.5) is 0 Å². The quantitative estimate of drug-likeness (QED) is 0.653. The molecule has 1 unspecified atom stereocenters. The van der Waals surface area contributed by atoms with Crippen molar-refractivity contribution in [2.45, 2.75) is 6.04 Å². The molecule has 1 aromatic heterocycles. The van der Waals surface area contributed by atoms with Crippen molar-refractivity contribution >= 4 is 15.9 Å². The molecule has 19 heavy (non-hydrogen) atoms. The maximum absolute atomic E-state index is 5.64. The average Bonchev–Trinajstić information content (AvgIpc) is 2.86. The van der Waals surface area contributed by atoms with Crippen LogP contribution in [0.15, 0.2) is 39.4 Å². The van der Waals surface area contributed by atoms with Crippen LogP contribution in [0.2, 0.25) is 0 Å². The molecule has 102 valence electrons. The molecule has 1 aromatic carbocycles. The maximum atomic E-state index is 5.64. The summed E-state index contributed by atoms with van der Waals surface area (Å²) < 4.78 is 16.8. The fourth-order valence-electron chi connectivity index (χ4n) is 1.87. The second kappa shape index (κ2) is 6.10. The van der Waals surface area contributed by atoms with E-state index in [2.05, 4.69) is 21.4 Å². The van der Waals surface area contributed by atoms with Crippen molar-refractivity contribution in [3.05, 3.63) is 46.3 Å². The van der Waals surface area contributed by atoms with E-state index in [4.69, 9.17) is 19.7 Å². The predicted octanol–water partition coefficient (Wildman–Crippen LogP) is 2.61. The molecule has 3 N–H and O–H groups in total. The number of hydrogen-bond donors (Lipinski definition) is 2. The molecule has 0 aliphatic heterocycles. The van der Waals surface area contributed by atoms with Crippen LogP contribution in [0.25, 0.3) is 0 Å². The zero-order valence-corrected chi connectivity index (χ0v) is 12.2. The Labute approximate surface area is 119 Å². The molecule has 0 aliphatic rings. The Bertz CT molecular complexity index is 557. The lowest BCUT2D eigenvalue weighted by Crippen LogP contribution is -2.28. The molecule has 0 radical (unpaired) electrons. The number of halogens is 1. The third-order valence-electron chi connectivity index (χ3n) is 2.79. The summed E-state index contributed by atoms with van der Waals surface area (Å²) in [6.07, 6.45) is 0. The Morgan fingerprint density at radius 1 is 1.21 bits per heavy atom. The Morgan fingerprint density at radius 2 is 2.00 bits per heavy atom. The first kappa shape index (κ1) is 13.9. The number of nitrogens with one attached hydrogen (secondary N) is 1. The molecule has 0 saturated heterocycles. The summed E-state index contributed by atoms with van der Waals surface area (Å²) in [5, 5.41) is 0. The lowest BCUT2D eigenvalue weighted by Gasteiger charge is -2.18. The van der Waals surface area contributed by atoms with Crippen LogP contribution >= 0.6 is 15.9 Å². The second-order valence-corrected chi connectivity index (χ2v) is 4.63. The topological polar surface area (TPSA) is 69.7 Å². The van der Waals surface area contributed by atoms with Gasteiger partial charge in [0.05, 0.1) is 14.2 Å². The highest BCUT2D eigenvalue weighted by Crippen LogP contribution is 2.34. The molecule has 2 rings (SSSR count). The third kappa shape index (κ3) is 2.91. The zero-order chi connectivity index (χ0) is 13.8. The number of ether oxygens (including phenoxy) is 2. The number of methoxy groups -OCH3 is 2. The molecular weight excluding hydrogens is 312 g/mol. The van der Waals surface area contributed by atoms with Gasteiger partial charge in [0.2, 0.25) is 0 Å². The molecule has 1 heterocycles. The van der Waals surface area contributed by atoms with E-state index in [-0.39, 0.29) is 6.04 Å². The molecule has 0 amide bonds. The van der Waals surface area contributed by atoms with E-state index in [1.165, 1.54) is 0 Å². The van der Waals surface area contributed by atoms with E-state index in [1.54, 1.807) is 14.2 Å². The Morgan fingerprint density at radius 3 is 2.53 bits per heavy atom. The molecule has 2 aromatic rings. The normalized spacial score (nSPS) is 12.2. The minimum atomic E-state index is -0.323. The minimum absolute atomic E-state index is 0.323. The van der Waals surface area contributed by atoms with Crippen molar-refractivity contribution in [2.75, 3.05) is 14.2 Å². The first-order valence-electron chi connectivity index (χ1n) is 5.63. The van der Waals surface area contributed by atoms with Gasteiger partial charge in [-0.3, -0.25) is 5.84 Å². The van der Waals surface area contributed by atoms with Gasteiger partial charge in [-0.05, 0) is 46.3 Å². The third-order valence-corrected chi connectivity index (χ3v) is 3.22. The average molecular weight is 327 g/mol. The standard InChI is InChI=1S/C13H15BrN2O3/c1-17-8-3-4-10(18-2)9(7-8)13(16-15)11-5-6-12(14)19-11/h3-7,13,16H,15H2,1-2H3. The van der Waals surface area contributed by atoms with Crippen molar-refractivity contribution < 1.29 is 13.9 Å². The first-order chi connectivity index (χ1) is 9.19. The number of rotatable bonds is 5. The molecule has 6 heteroatoms. The van der Waals surface area contributed by atoms with Crippen LogP contribution in [0.3, 0.4) is 0 Å². The molecule has 0 fully saturated rings. The summed E-state index contributed by atoms with van der Waals surface area (Å²) in [6, 6.07) is 8.85. The molecule has 1 atom stereocenters. The Hall–Kier alpha value is -1.50. The van der Waals surface area contributed by atoms with Crippen molar-refractivity contribution in [3.8, 4) is 11.5 Å². The minimum Gasteiger partial charge on any atom is -0.497 e. The summed E-state index contributed by atoms with van der Waals surface area (Å²) >= 11 is 3.27. The van der Waals surface area contributed by atoms with Crippen molar-refractivity contribution in [3.63, 3.8) is 0 Å². The van der Waals surface area contributed by atoms with E-state index in [1.807, 2.05) is 30.3 Å². The highest BCUT2D eigenvalue weighted by atomic mass is 79.9. The Balaban J connectivity index is 2.47. The summed E-state index contributed by atoms with van der Waals surface area (Å²) in [5.74, 6) is 7.75. The SMILES string of the molecule is COc1ccc(OC)c(C(NN)c2ccc(Br)o2)c1. The van der Waals surface area contributed by atoms with Crippen LogP contribution in [-0.2, 0) is 0 Å². The van der Waals surface area contributed by atoms with Crippen molar-refractivity contribution in [1.29, 1.82) is 0 Å². The van der Waals surface area contributed by atoms with Crippen LogP contribution in [0, 0.1) is 0 Å². The van der Waals surface area contributed by atoms with E-state index >= 15 is 0 Å². The van der Waals surface area contributed by atoms with Gasteiger partial charge in [-0.2, -0.15) is 0 Å². The van der Waals surface area contributed by atoms with Crippen molar-refractivity contribution in [1.82, 2.24) is 5.43 Å². The fraction of sp³-hybridized carbons (Fsp3) is 0.231. The largest absolute Gasteiger partial charge is 0.497 e. The molecule has 0 aliphatic carbocycles. The van der Waals surface area contributed by atoms with Gasteiger partial charge < -0.3 is 13.9 Å². The molecule has 0 bridgehead atoms. The Kier molecular flexibility index (Phi) is 4.47. The van der Waals surface area contributed by atoms with Crippen LogP contribution in [0.5, 0.6) is 11.5 Å². The van der Waals surface area contributed by atoms with E-state index in [0.717, 1.165) is 11.3 Å². The maximum Gasteiger partial charge on any atom is 0.169 e. The first-order valence-corrected chi connectivity index (χ1v) is 6.42. The molecule has 5 nitrogen and oxygen atoms in total. The van der Waals surface area contributed by atoms with E-state index < -0.39 is 0 Å². The number of hydrazine groups is 1. The summed E-state index contributed by atoms with van der Waals surface area (Å²) in [4.78, 5) is 0. The van der Waals surface area contributed by atoms with Gasteiger partial charge in [-0.25, -0.2) is 5.43 Å². The van der Waals surface area contributed by atoms with Gasteiger partial charge in [0, 0.05) is 5.56 Å². The molecule has 0 spiro atoms. The summed E-state index contributed by atoms with van der Waals surface area (Å²) in [7, 11) is 3.22. The van der Waals surface area contributed by atoms with Gasteiger partial charge >= 0.3 is 0 Å². The number of benzene rings is 1. The smallest absolute Gasteiger partial charge is 0.169 e. The molecular formula is C13H15BrN2O3. The lowest BCUT2D eigenvalue weighted by molar-refractivity contribution is 0.383. The van der Waals surface area contributed by atoms with Crippen molar-refractivity contribution in [2.24, 2.45) is 5.84 Å². The number of hydrogen-bond acceptors (Lipinski definition) is 5. The predicted molar refractivity (Wildman–Crippen MR) is 75.1 cm³/mol. The molecule has 0 saturated carbocycles. The van der Waals surface area contributed by atoms with Crippen LogP contribution in [-0.4, -0.2) is 14.2 Å². The van der Waals surface area contributed by atoms with Gasteiger partial charge in [-0.15, -0.1) is 0 Å². The monoisotopic (exact) mass is 326 g/mol. The van der Waals surface area contributed by atoms with Gasteiger partial charge in [0.25, 0.3) is 0 Å². The highest BCUT2D eigenvalue weighted by molar-refractivity contribution is 9.10. The fourth-order valence-corrected chi connectivity index (χ4v) is 2.19. The van der Waals surface area contributed by atoms with Crippen LogP contribution < -0.4 is 20.7 Å². The van der Waals surface area contributed by atoms with E-state index in [9.17, 15) is 0 Å². The number of nitrogens with two attached hydrogens (primary N) is 1. The lowest BCUT2D eigenvalue weighted by atomic mass is 10.0. The van der Waals surface area contributed by atoms with Crippen LogP contribution in [0.1, 0.15) is 17.4 Å². The van der Waals surface area contributed by atoms with Gasteiger partial charge in [0.15, 0.2) is 4.67 Å². The highest BCUT2D eigenvalue weighted by Gasteiger charge is 2.21. The zero-order valence-electron chi connectivity index (χ0n) is 10.6. The summed E-state index contributed by atoms with van der Waals surface area (Å²) in [6.45, 7) is 0. The number of furan rings is 1. The summed E-state index contributed by atoms with van der Waals surface area (Å²) in [5.41, 5.74) is 3.56.